The van der Waals surface area contributed by atoms with Crippen molar-refractivity contribution >= 4 is 27.5 Å². The molecule has 170 valence electrons. The molecule has 1 aliphatic heterocycles. The summed E-state index contributed by atoms with van der Waals surface area (Å²) >= 11 is 0. The summed E-state index contributed by atoms with van der Waals surface area (Å²) in [5.41, 5.74) is 1.14. The van der Waals surface area contributed by atoms with E-state index in [1.807, 2.05) is 0 Å². The maximum absolute atomic E-state index is 13.3. The SMILES string of the molecule is C#Cc1cccc(N(CC(=O)NC)C(=O)C2CCN(S(=O)(=O)c3cn(C)c(C)n3)CC2)c1. The first-order valence-electron chi connectivity index (χ1n) is 10.3. The van der Waals surface area contributed by atoms with Gasteiger partial charge in [0.15, 0.2) is 5.03 Å². The van der Waals surface area contributed by atoms with Gasteiger partial charge >= 0.3 is 0 Å². The first-order chi connectivity index (χ1) is 15.2. The zero-order valence-electron chi connectivity index (χ0n) is 18.4. The lowest BCUT2D eigenvalue weighted by atomic mass is 9.96. The number of piperidine rings is 1. The van der Waals surface area contributed by atoms with Gasteiger partial charge in [0.05, 0.1) is 0 Å². The summed E-state index contributed by atoms with van der Waals surface area (Å²) in [5, 5.41) is 2.54. The molecule has 1 aliphatic rings. The summed E-state index contributed by atoms with van der Waals surface area (Å²) in [6, 6.07) is 6.89. The van der Waals surface area contributed by atoms with Gasteiger partial charge in [-0.3, -0.25) is 9.59 Å². The number of sulfonamides is 1. The predicted octanol–water partition coefficient (Wildman–Crippen LogP) is 0.890. The number of aromatic nitrogens is 2. The van der Waals surface area contributed by atoms with Crippen molar-refractivity contribution < 1.29 is 18.0 Å². The molecule has 1 aromatic carbocycles. The van der Waals surface area contributed by atoms with Crippen molar-refractivity contribution in [1.29, 1.82) is 0 Å². The van der Waals surface area contributed by atoms with E-state index < -0.39 is 15.9 Å². The molecule has 0 spiro atoms. The molecule has 9 nitrogen and oxygen atoms in total. The highest BCUT2D eigenvalue weighted by Crippen LogP contribution is 2.27. The van der Waals surface area contributed by atoms with E-state index in [1.165, 1.54) is 22.4 Å². The van der Waals surface area contributed by atoms with Crippen molar-refractivity contribution in [3.8, 4) is 12.3 Å². The fourth-order valence-corrected chi connectivity index (χ4v) is 5.12. The minimum absolute atomic E-state index is 0.00891. The van der Waals surface area contributed by atoms with Crippen LogP contribution < -0.4 is 10.2 Å². The number of terminal acetylenes is 1. The van der Waals surface area contributed by atoms with Crippen LogP contribution >= 0.6 is 0 Å². The van der Waals surface area contributed by atoms with Crippen molar-refractivity contribution in [3.05, 3.63) is 41.9 Å². The number of likely N-dealkylation sites (N-methyl/N-ethyl adjacent to an activating group) is 1. The van der Waals surface area contributed by atoms with Gasteiger partial charge in [-0.25, -0.2) is 13.4 Å². The van der Waals surface area contributed by atoms with E-state index in [-0.39, 0.29) is 36.5 Å². The van der Waals surface area contributed by atoms with Gasteiger partial charge in [-0.2, -0.15) is 4.31 Å². The number of anilines is 1. The van der Waals surface area contributed by atoms with Crippen LogP contribution in [-0.2, 0) is 26.7 Å². The average molecular weight is 458 g/mol. The molecular formula is C22H27N5O4S. The Morgan fingerprint density at radius 1 is 1.31 bits per heavy atom. The Bertz CT molecular complexity index is 1140. The predicted molar refractivity (Wildman–Crippen MR) is 120 cm³/mol. The third-order valence-corrected chi connectivity index (χ3v) is 7.44. The molecule has 32 heavy (non-hydrogen) atoms. The Kier molecular flexibility index (Phi) is 7.01. The third-order valence-electron chi connectivity index (χ3n) is 5.66. The number of aryl methyl sites for hydroxylation is 2. The highest BCUT2D eigenvalue weighted by atomic mass is 32.2. The minimum atomic E-state index is -3.73. The van der Waals surface area contributed by atoms with E-state index in [1.54, 1.807) is 42.8 Å². The van der Waals surface area contributed by atoms with Crippen molar-refractivity contribution in [2.45, 2.75) is 24.8 Å². The molecule has 0 bridgehead atoms. The molecule has 10 heteroatoms. The quantitative estimate of drug-likeness (QED) is 0.649. The van der Waals surface area contributed by atoms with Gasteiger partial charge in [0.25, 0.3) is 10.0 Å². The maximum atomic E-state index is 13.3. The number of nitrogens with one attached hydrogen (secondary N) is 1. The van der Waals surface area contributed by atoms with Crippen LogP contribution in [0.5, 0.6) is 0 Å². The van der Waals surface area contributed by atoms with Crippen LogP contribution in [0.3, 0.4) is 0 Å². The van der Waals surface area contributed by atoms with Crippen molar-refractivity contribution in [2.75, 3.05) is 31.6 Å². The summed E-state index contributed by atoms with van der Waals surface area (Å²) in [6.07, 6.45) is 7.67. The Morgan fingerprint density at radius 2 is 2.00 bits per heavy atom. The van der Waals surface area contributed by atoms with E-state index >= 15 is 0 Å². The Labute approximate surface area is 188 Å². The molecule has 0 saturated carbocycles. The van der Waals surface area contributed by atoms with E-state index in [0.717, 1.165) is 0 Å². The van der Waals surface area contributed by atoms with Crippen LogP contribution in [-0.4, -0.2) is 60.8 Å². The summed E-state index contributed by atoms with van der Waals surface area (Å²) in [6.45, 7) is 1.99. The second kappa shape index (κ2) is 9.54. The number of amides is 2. The monoisotopic (exact) mass is 457 g/mol. The van der Waals surface area contributed by atoms with E-state index in [9.17, 15) is 18.0 Å². The van der Waals surface area contributed by atoms with Gasteiger partial charge in [0.2, 0.25) is 11.8 Å². The highest BCUT2D eigenvalue weighted by Gasteiger charge is 2.35. The Hall–Kier alpha value is -3.16. The number of carbonyl (C=O) groups is 2. The normalized spacial score (nSPS) is 15.2. The van der Waals surface area contributed by atoms with Gasteiger partial charge in [-0.05, 0) is 38.0 Å². The first kappa shape index (κ1) is 23.5. The molecular weight excluding hydrogens is 430 g/mol. The molecule has 1 aromatic heterocycles. The van der Waals surface area contributed by atoms with Gasteiger partial charge in [0, 0.05) is 50.6 Å². The van der Waals surface area contributed by atoms with Gasteiger partial charge < -0.3 is 14.8 Å². The second-order valence-corrected chi connectivity index (χ2v) is 9.59. The first-order valence-corrected chi connectivity index (χ1v) is 11.7. The fraction of sp³-hybridized carbons (Fsp3) is 0.409. The van der Waals surface area contributed by atoms with E-state index in [2.05, 4.69) is 16.2 Å². The molecule has 0 aliphatic carbocycles. The topological polar surface area (TPSA) is 105 Å². The third kappa shape index (κ3) is 4.84. The molecule has 1 fully saturated rings. The van der Waals surface area contributed by atoms with Crippen LogP contribution in [0.2, 0.25) is 0 Å². The zero-order chi connectivity index (χ0) is 23.5. The number of hydrogen-bond donors (Lipinski definition) is 1. The van der Waals surface area contributed by atoms with Crippen LogP contribution in [0.4, 0.5) is 5.69 Å². The molecule has 3 rings (SSSR count). The number of carbonyl (C=O) groups excluding carboxylic acids is 2. The Morgan fingerprint density at radius 3 is 2.56 bits per heavy atom. The summed E-state index contributed by atoms with van der Waals surface area (Å²) in [7, 11) is -0.483. The van der Waals surface area contributed by atoms with E-state index in [0.29, 0.717) is 29.9 Å². The second-order valence-electron chi connectivity index (χ2n) is 7.71. The standard InChI is InChI=1S/C22H27N5O4S/c1-5-17-7-6-8-19(13-17)27(14-20(28)23-3)22(29)18-9-11-26(12-10-18)32(30,31)21-15-25(4)16(2)24-21/h1,6-8,13,15,18H,9-12,14H2,2-4H3,(H,23,28). The molecule has 2 heterocycles. The number of hydrogen-bond acceptors (Lipinski definition) is 5. The lowest BCUT2D eigenvalue weighted by Crippen LogP contribution is -2.47. The summed E-state index contributed by atoms with van der Waals surface area (Å²) in [5.74, 6) is 2.19. The van der Waals surface area contributed by atoms with Crippen LogP contribution in [0, 0.1) is 25.2 Å². The minimum Gasteiger partial charge on any atom is -0.358 e. The zero-order valence-corrected chi connectivity index (χ0v) is 19.2. The van der Waals surface area contributed by atoms with Gasteiger partial charge in [-0.1, -0.05) is 12.0 Å². The molecule has 0 radical (unpaired) electrons. The van der Waals surface area contributed by atoms with Gasteiger partial charge in [-0.15, -0.1) is 6.42 Å². The Balaban J connectivity index is 1.76. The fourth-order valence-electron chi connectivity index (χ4n) is 3.63. The number of nitrogens with zero attached hydrogens (tertiary/aromatic N) is 4. The smallest absolute Gasteiger partial charge is 0.262 e. The lowest BCUT2D eigenvalue weighted by Gasteiger charge is -2.33. The molecule has 2 amide bonds. The summed E-state index contributed by atoms with van der Waals surface area (Å²) in [4.78, 5) is 30.9. The van der Waals surface area contributed by atoms with Gasteiger partial charge in [0.1, 0.15) is 12.4 Å². The number of benzene rings is 1. The van der Waals surface area contributed by atoms with E-state index in [4.69, 9.17) is 6.42 Å². The largest absolute Gasteiger partial charge is 0.358 e. The molecule has 1 saturated heterocycles. The molecule has 0 atom stereocenters. The highest BCUT2D eigenvalue weighted by molar-refractivity contribution is 7.89. The molecule has 2 aromatic rings. The number of imidazole rings is 1. The van der Waals surface area contributed by atoms with Crippen molar-refractivity contribution in [3.63, 3.8) is 0 Å². The number of rotatable bonds is 6. The van der Waals surface area contributed by atoms with Crippen LogP contribution in [0.25, 0.3) is 0 Å². The van der Waals surface area contributed by atoms with Crippen molar-refractivity contribution in [2.24, 2.45) is 13.0 Å². The van der Waals surface area contributed by atoms with Crippen molar-refractivity contribution in [1.82, 2.24) is 19.2 Å². The van der Waals surface area contributed by atoms with Crippen LogP contribution in [0.1, 0.15) is 24.2 Å². The molecule has 0 unspecified atom stereocenters. The maximum Gasteiger partial charge on any atom is 0.262 e. The van der Waals surface area contributed by atoms with Crippen LogP contribution in [0.15, 0.2) is 35.5 Å². The average Bonchev–Trinajstić information content (AvgIpc) is 3.15. The molecule has 1 N–H and O–H groups in total. The summed E-state index contributed by atoms with van der Waals surface area (Å²) < 4.78 is 28.9. The lowest BCUT2D eigenvalue weighted by molar-refractivity contribution is -0.126.